The van der Waals surface area contributed by atoms with E-state index in [0.717, 1.165) is 14.7 Å². The first-order valence-electron chi connectivity index (χ1n) is 6.18. The number of rotatable bonds is 3. The molecule has 3 aromatic rings. The first-order chi connectivity index (χ1) is 10.2. The molecule has 0 saturated heterocycles. The number of carbonyl (C=O) groups is 1. The lowest BCUT2D eigenvalue weighted by atomic mass is 10.2. The van der Waals surface area contributed by atoms with Crippen LogP contribution in [0.1, 0.15) is 10.4 Å². The highest BCUT2D eigenvalue weighted by atomic mass is 79.9. The third-order valence-corrected chi connectivity index (χ3v) is 4.35. The average Bonchev–Trinajstić information content (AvgIpc) is 2.88. The number of anilines is 1. The quantitative estimate of drug-likeness (QED) is 0.754. The molecule has 1 heterocycles. The van der Waals surface area contributed by atoms with Gasteiger partial charge in [0.15, 0.2) is 5.13 Å². The molecule has 106 valence electrons. The van der Waals surface area contributed by atoms with Gasteiger partial charge in [0, 0.05) is 4.47 Å². The third-order valence-electron chi connectivity index (χ3n) is 2.92. The van der Waals surface area contributed by atoms with Crippen LogP contribution in [0.5, 0.6) is 5.75 Å². The van der Waals surface area contributed by atoms with Crippen LogP contribution in [0.4, 0.5) is 5.13 Å². The molecule has 0 bridgehead atoms. The lowest BCUT2D eigenvalue weighted by Crippen LogP contribution is -2.12. The average molecular weight is 363 g/mol. The Morgan fingerprint density at radius 3 is 2.90 bits per heavy atom. The third kappa shape index (κ3) is 2.91. The fourth-order valence-corrected chi connectivity index (χ4v) is 3.36. The molecule has 4 nitrogen and oxygen atoms in total. The topological polar surface area (TPSA) is 51.2 Å². The summed E-state index contributed by atoms with van der Waals surface area (Å²) in [4.78, 5) is 16.7. The second kappa shape index (κ2) is 5.83. The summed E-state index contributed by atoms with van der Waals surface area (Å²) in [5.41, 5.74) is 1.35. The van der Waals surface area contributed by atoms with Gasteiger partial charge in [-0.15, -0.1) is 0 Å². The van der Waals surface area contributed by atoms with Gasteiger partial charge in [0.1, 0.15) is 5.75 Å². The Labute approximate surface area is 133 Å². The Balaban J connectivity index is 1.89. The minimum atomic E-state index is -0.231. The Morgan fingerprint density at radius 1 is 1.29 bits per heavy atom. The summed E-state index contributed by atoms with van der Waals surface area (Å²) >= 11 is 4.86. The summed E-state index contributed by atoms with van der Waals surface area (Å²) in [6.45, 7) is 0. The molecule has 2 aromatic carbocycles. The maximum Gasteiger partial charge on any atom is 0.261 e. The smallest absolute Gasteiger partial charge is 0.261 e. The van der Waals surface area contributed by atoms with Crippen molar-refractivity contribution in [2.45, 2.75) is 0 Å². The van der Waals surface area contributed by atoms with Gasteiger partial charge in [-0.25, -0.2) is 4.98 Å². The zero-order valence-electron chi connectivity index (χ0n) is 11.1. The second-order valence-corrected chi connectivity index (χ2v) is 6.23. The minimum absolute atomic E-state index is 0.231. The molecule has 0 fully saturated rings. The Bertz CT molecular complexity index is 816. The maximum absolute atomic E-state index is 12.3. The van der Waals surface area contributed by atoms with Gasteiger partial charge in [0.05, 0.1) is 22.9 Å². The predicted octanol–water partition coefficient (Wildman–Crippen LogP) is 4.32. The van der Waals surface area contributed by atoms with Crippen molar-refractivity contribution in [1.82, 2.24) is 4.98 Å². The van der Waals surface area contributed by atoms with E-state index in [1.54, 1.807) is 25.3 Å². The fourth-order valence-electron chi connectivity index (χ4n) is 1.95. The van der Waals surface area contributed by atoms with Crippen LogP contribution in [-0.4, -0.2) is 18.0 Å². The molecule has 1 amide bonds. The van der Waals surface area contributed by atoms with Crippen molar-refractivity contribution in [3.63, 3.8) is 0 Å². The maximum atomic E-state index is 12.3. The van der Waals surface area contributed by atoms with Crippen molar-refractivity contribution in [3.8, 4) is 5.75 Å². The SMILES string of the molecule is COc1ccccc1C(=O)Nc1nc2ccc(Br)cc2s1. The van der Waals surface area contributed by atoms with Gasteiger partial charge in [-0.2, -0.15) is 0 Å². The van der Waals surface area contributed by atoms with Gasteiger partial charge >= 0.3 is 0 Å². The molecule has 0 aliphatic heterocycles. The lowest BCUT2D eigenvalue weighted by molar-refractivity contribution is 0.102. The highest BCUT2D eigenvalue weighted by molar-refractivity contribution is 9.10. The zero-order chi connectivity index (χ0) is 14.8. The van der Waals surface area contributed by atoms with Crippen molar-refractivity contribution in [1.29, 1.82) is 0 Å². The number of para-hydroxylation sites is 1. The number of fused-ring (bicyclic) bond motifs is 1. The van der Waals surface area contributed by atoms with Gasteiger partial charge in [-0.1, -0.05) is 39.4 Å². The fraction of sp³-hybridized carbons (Fsp3) is 0.0667. The van der Waals surface area contributed by atoms with Crippen LogP contribution in [-0.2, 0) is 0 Å². The molecule has 0 aliphatic rings. The number of nitrogens with one attached hydrogen (secondary N) is 1. The van der Waals surface area contributed by atoms with E-state index in [0.29, 0.717) is 16.4 Å². The number of methoxy groups -OCH3 is 1. The van der Waals surface area contributed by atoms with E-state index >= 15 is 0 Å². The van der Waals surface area contributed by atoms with Crippen LogP contribution in [0.3, 0.4) is 0 Å². The molecular formula is C15H11BrN2O2S. The van der Waals surface area contributed by atoms with Crippen LogP contribution in [0, 0.1) is 0 Å². The molecule has 0 unspecified atom stereocenters. The molecule has 1 N–H and O–H groups in total. The Hall–Kier alpha value is -1.92. The van der Waals surface area contributed by atoms with Gasteiger partial charge in [0.25, 0.3) is 5.91 Å². The number of nitrogens with zero attached hydrogens (tertiary/aromatic N) is 1. The molecular weight excluding hydrogens is 352 g/mol. The van der Waals surface area contributed by atoms with Gasteiger partial charge < -0.3 is 4.74 Å². The number of thiazole rings is 1. The normalized spacial score (nSPS) is 10.6. The molecule has 0 atom stereocenters. The summed E-state index contributed by atoms with van der Waals surface area (Å²) in [6.07, 6.45) is 0. The van der Waals surface area contributed by atoms with Gasteiger partial charge in [0.2, 0.25) is 0 Å². The molecule has 0 aliphatic carbocycles. The van der Waals surface area contributed by atoms with Crippen LogP contribution in [0.25, 0.3) is 10.2 Å². The van der Waals surface area contributed by atoms with Crippen molar-refractivity contribution in [2.24, 2.45) is 0 Å². The van der Waals surface area contributed by atoms with Crippen molar-refractivity contribution in [3.05, 3.63) is 52.5 Å². The lowest BCUT2D eigenvalue weighted by Gasteiger charge is -2.06. The summed E-state index contributed by atoms with van der Waals surface area (Å²) in [7, 11) is 1.54. The minimum Gasteiger partial charge on any atom is -0.496 e. The molecule has 0 radical (unpaired) electrons. The van der Waals surface area contributed by atoms with E-state index in [2.05, 4.69) is 26.2 Å². The summed E-state index contributed by atoms with van der Waals surface area (Å²) in [6, 6.07) is 12.9. The Morgan fingerprint density at radius 2 is 2.10 bits per heavy atom. The zero-order valence-corrected chi connectivity index (χ0v) is 13.5. The van der Waals surface area contributed by atoms with E-state index in [-0.39, 0.29) is 5.91 Å². The van der Waals surface area contributed by atoms with E-state index < -0.39 is 0 Å². The molecule has 0 spiro atoms. The van der Waals surface area contributed by atoms with Gasteiger partial charge in [-0.3, -0.25) is 10.1 Å². The number of ether oxygens (including phenoxy) is 1. The van der Waals surface area contributed by atoms with Crippen molar-refractivity contribution < 1.29 is 9.53 Å². The molecule has 3 rings (SSSR count). The van der Waals surface area contributed by atoms with Crippen molar-refractivity contribution >= 4 is 48.5 Å². The highest BCUT2D eigenvalue weighted by Crippen LogP contribution is 2.29. The predicted molar refractivity (Wildman–Crippen MR) is 88.3 cm³/mol. The number of hydrogen-bond acceptors (Lipinski definition) is 4. The first-order valence-corrected chi connectivity index (χ1v) is 7.79. The Kier molecular flexibility index (Phi) is 3.90. The van der Waals surface area contributed by atoms with E-state index in [4.69, 9.17) is 4.74 Å². The van der Waals surface area contributed by atoms with Crippen molar-refractivity contribution in [2.75, 3.05) is 12.4 Å². The van der Waals surface area contributed by atoms with E-state index in [1.165, 1.54) is 11.3 Å². The highest BCUT2D eigenvalue weighted by Gasteiger charge is 2.13. The van der Waals surface area contributed by atoms with Crippen LogP contribution in [0.15, 0.2) is 46.9 Å². The van der Waals surface area contributed by atoms with E-state index in [1.807, 2.05) is 24.3 Å². The summed E-state index contributed by atoms with van der Waals surface area (Å²) in [5, 5.41) is 3.38. The number of hydrogen-bond donors (Lipinski definition) is 1. The van der Waals surface area contributed by atoms with Gasteiger partial charge in [-0.05, 0) is 30.3 Å². The van der Waals surface area contributed by atoms with Crippen LogP contribution >= 0.6 is 27.3 Å². The number of carbonyl (C=O) groups excluding carboxylic acids is 1. The second-order valence-electron chi connectivity index (χ2n) is 4.29. The number of amides is 1. The van der Waals surface area contributed by atoms with E-state index in [9.17, 15) is 4.79 Å². The molecule has 0 saturated carbocycles. The molecule has 21 heavy (non-hydrogen) atoms. The van der Waals surface area contributed by atoms with Crippen LogP contribution in [0.2, 0.25) is 0 Å². The molecule has 6 heteroatoms. The summed E-state index contributed by atoms with van der Waals surface area (Å²) < 4.78 is 7.20. The molecule has 1 aromatic heterocycles. The first kappa shape index (κ1) is 14.0. The number of aromatic nitrogens is 1. The standard InChI is InChI=1S/C15H11BrN2O2S/c1-20-12-5-3-2-4-10(12)14(19)18-15-17-11-7-6-9(16)8-13(11)21-15/h2-8H,1H3,(H,17,18,19). The number of benzene rings is 2. The summed E-state index contributed by atoms with van der Waals surface area (Å²) in [5.74, 6) is 0.310. The largest absolute Gasteiger partial charge is 0.496 e. The monoisotopic (exact) mass is 362 g/mol. The van der Waals surface area contributed by atoms with Crippen LogP contribution < -0.4 is 10.1 Å². The number of halogens is 1.